The maximum Gasteiger partial charge on any atom is 0.123 e. The van der Waals surface area contributed by atoms with Crippen LogP contribution in [-0.2, 0) is 6.54 Å². The number of nitrogens with one attached hydrogen (secondary N) is 1. The first-order chi connectivity index (χ1) is 9.72. The van der Waals surface area contributed by atoms with E-state index in [-0.39, 0.29) is 5.82 Å². The Kier molecular flexibility index (Phi) is 5.13. The van der Waals surface area contributed by atoms with Crippen molar-refractivity contribution in [2.75, 3.05) is 18.5 Å². The van der Waals surface area contributed by atoms with Crippen molar-refractivity contribution in [3.05, 3.63) is 59.9 Å². The molecule has 2 nitrogen and oxygen atoms in total. The van der Waals surface area contributed by atoms with Crippen molar-refractivity contribution in [2.24, 2.45) is 0 Å². The number of nitrogens with zero attached hydrogens (tertiary/aromatic N) is 1. The lowest BCUT2D eigenvalue weighted by Gasteiger charge is -2.23. The van der Waals surface area contributed by atoms with Gasteiger partial charge < -0.3 is 10.2 Å². The molecule has 3 heteroatoms. The van der Waals surface area contributed by atoms with Crippen molar-refractivity contribution < 1.29 is 4.39 Å². The molecule has 0 saturated carbocycles. The quantitative estimate of drug-likeness (QED) is 0.797. The maximum absolute atomic E-state index is 13.5. The molecule has 0 aliphatic heterocycles. The van der Waals surface area contributed by atoms with E-state index in [1.165, 1.54) is 6.07 Å². The van der Waals surface area contributed by atoms with Crippen LogP contribution in [0.1, 0.15) is 18.9 Å². The van der Waals surface area contributed by atoms with Crippen LogP contribution in [0.15, 0.2) is 48.5 Å². The van der Waals surface area contributed by atoms with Crippen LogP contribution in [0, 0.1) is 5.82 Å². The summed E-state index contributed by atoms with van der Waals surface area (Å²) >= 11 is 0. The number of para-hydroxylation sites is 1. The van der Waals surface area contributed by atoms with E-state index in [0.717, 1.165) is 29.9 Å². The Morgan fingerprint density at radius 1 is 1.10 bits per heavy atom. The van der Waals surface area contributed by atoms with Gasteiger partial charge in [0.25, 0.3) is 0 Å². The topological polar surface area (TPSA) is 15.3 Å². The first-order valence-corrected chi connectivity index (χ1v) is 7.00. The molecule has 0 fully saturated rings. The third-order valence-electron chi connectivity index (χ3n) is 3.29. The summed E-state index contributed by atoms with van der Waals surface area (Å²) in [4.78, 5) is 2.09. The summed E-state index contributed by atoms with van der Waals surface area (Å²) < 4.78 is 13.5. The predicted octanol–water partition coefficient (Wildman–Crippen LogP) is 4.09. The van der Waals surface area contributed by atoms with Gasteiger partial charge in [0.05, 0.1) is 0 Å². The monoisotopic (exact) mass is 272 g/mol. The molecular formula is C17H21FN2. The van der Waals surface area contributed by atoms with E-state index >= 15 is 0 Å². The van der Waals surface area contributed by atoms with Crippen molar-refractivity contribution in [3.63, 3.8) is 0 Å². The summed E-state index contributed by atoms with van der Waals surface area (Å²) in [5, 5.41) is 3.33. The van der Waals surface area contributed by atoms with Crippen molar-refractivity contribution in [3.8, 4) is 0 Å². The Bertz CT molecular complexity index is 540. The molecule has 0 heterocycles. The molecule has 0 saturated heterocycles. The summed E-state index contributed by atoms with van der Waals surface area (Å²) in [5.41, 5.74) is 3.10. The van der Waals surface area contributed by atoms with Gasteiger partial charge in [0.1, 0.15) is 5.82 Å². The van der Waals surface area contributed by atoms with E-state index < -0.39 is 0 Å². The average Bonchev–Trinajstić information content (AvgIpc) is 2.48. The zero-order chi connectivity index (χ0) is 14.4. The van der Waals surface area contributed by atoms with Gasteiger partial charge in [-0.3, -0.25) is 0 Å². The minimum atomic E-state index is -0.191. The van der Waals surface area contributed by atoms with Gasteiger partial charge in [-0.05, 0) is 48.9 Å². The van der Waals surface area contributed by atoms with Crippen LogP contribution in [0.2, 0.25) is 0 Å². The molecule has 0 aliphatic rings. The Morgan fingerprint density at radius 3 is 2.55 bits per heavy atom. The average molecular weight is 272 g/mol. The second-order valence-electron chi connectivity index (χ2n) is 4.84. The summed E-state index contributed by atoms with van der Waals surface area (Å²) in [6.45, 7) is 3.73. The largest absolute Gasteiger partial charge is 0.344 e. The highest BCUT2D eigenvalue weighted by Gasteiger charge is 2.10. The third-order valence-corrected chi connectivity index (χ3v) is 3.29. The van der Waals surface area contributed by atoms with Crippen LogP contribution in [0.5, 0.6) is 0 Å². The number of anilines is 2. The lowest BCUT2D eigenvalue weighted by Crippen LogP contribution is -2.18. The van der Waals surface area contributed by atoms with Crippen molar-refractivity contribution in [1.82, 2.24) is 5.32 Å². The molecule has 106 valence electrons. The van der Waals surface area contributed by atoms with E-state index in [2.05, 4.69) is 17.1 Å². The molecule has 0 bridgehead atoms. The van der Waals surface area contributed by atoms with Crippen LogP contribution in [0.3, 0.4) is 0 Å². The minimum absolute atomic E-state index is 0.191. The molecule has 0 spiro atoms. The Morgan fingerprint density at radius 2 is 1.85 bits per heavy atom. The number of halogens is 1. The van der Waals surface area contributed by atoms with Gasteiger partial charge in [0, 0.05) is 25.0 Å². The van der Waals surface area contributed by atoms with Crippen LogP contribution in [0.4, 0.5) is 15.8 Å². The molecule has 0 amide bonds. The summed E-state index contributed by atoms with van der Waals surface area (Å²) in [6.07, 6.45) is 1.07. The van der Waals surface area contributed by atoms with Crippen LogP contribution in [-0.4, -0.2) is 13.6 Å². The fourth-order valence-corrected chi connectivity index (χ4v) is 2.21. The molecule has 2 aromatic rings. The van der Waals surface area contributed by atoms with Crippen LogP contribution < -0.4 is 10.2 Å². The molecule has 20 heavy (non-hydrogen) atoms. The van der Waals surface area contributed by atoms with E-state index in [0.29, 0.717) is 6.54 Å². The number of benzene rings is 2. The lowest BCUT2D eigenvalue weighted by atomic mass is 10.1. The normalized spacial score (nSPS) is 10.6. The van der Waals surface area contributed by atoms with Crippen LogP contribution in [0.25, 0.3) is 0 Å². The van der Waals surface area contributed by atoms with Crippen molar-refractivity contribution in [2.45, 2.75) is 19.9 Å². The number of hydrogen-bond acceptors (Lipinski definition) is 2. The molecule has 0 aromatic heterocycles. The summed E-state index contributed by atoms with van der Waals surface area (Å²) in [6, 6.07) is 15.1. The highest BCUT2D eigenvalue weighted by Crippen LogP contribution is 2.27. The molecule has 1 N–H and O–H groups in total. The molecule has 2 rings (SSSR count). The summed E-state index contributed by atoms with van der Waals surface area (Å²) in [5.74, 6) is -0.191. The molecule has 0 unspecified atom stereocenters. The fraction of sp³-hybridized carbons (Fsp3) is 0.294. The predicted molar refractivity (Wildman–Crippen MR) is 82.9 cm³/mol. The third kappa shape index (κ3) is 3.58. The van der Waals surface area contributed by atoms with Gasteiger partial charge in [-0.25, -0.2) is 4.39 Å². The first-order valence-electron chi connectivity index (χ1n) is 7.00. The first kappa shape index (κ1) is 14.5. The Labute approximate surface area is 120 Å². The number of rotatable bonds is 6. The maximum atomic E-state index is 13.5. The molecule has 0 radical (unpaired) electrons. The lowest BCUT2D eigenvalue weighted by molar-refractivity contribution is 0.619. The fourth-order valence-electron chi connectivity index (χ4n) is 2.21. The van der Waals surface area contributed by atoms with Gasteiger partial charge in [-0.15, -0.1) is 0 Å². The van der Waals surface area contributed by atoms with Gasteiger partial charge in [0.15, 0.2) is 0 Å². The number of hydrogen-bond donors (Lipinski definition) is 1. The Balaban J connectivity index is 2.25. The van der Waals surface area contributed by atoms with E-state index in [9.17, 15) is 4.39 Å². The second kappa shape index (κ2) is 7.06. The smallest absolute Gasteiger partial charge is 0.123 e. The highest BCUT2D eigenvalue weighted by atomic mass is 19.1. The zero-order valence-electron chi connectivity index (χ0n) is 12.1. The minimum Gasteiger partial charge on any atom is -0.344 e. The van der Waals surface area contributed by atoms with Gasteiger partial charge in [-0.2, -0.15) is 0 Å². The molecule has 0 atom stereocenters. The van der Waals surface area contributed by atoms with E-state index in [1.54, 1.807) is 6.07 Å². The van der Waals surface area contributed by atoms with Crippen molar-refractivity contribution >= 4 is 11.4 Å². The van der Waals surface area contributed by atoms with Crippen LogP contribution >= 0.6 is 0 Å². The molecule has 0 aliphatic carbocycles. The summed E-state index contributed by atoms with van der Waals surface area (Å²) in [7, 11) is 2.01. The van der Waals surface area contributed by atoms with Gasteiger partial charge >= 0.3 is 0 Å². The standard InChI is InChI=1S/C17H21FN2/c1-3-11-19-13-14-12-15(18)9-10-17(14)20(2)16-7-5-4-6-8-16/h4-10,12,19H,3,11,13H2,1-2H3. The highest BCUT2D eigenvalue weighted by molar-refractivity contribution is 5.65. The van der Waals surface area contributed by atoms with Crippen molar-refractivity contribution in [1.29, 1.82) is 0 Å². The second-order valence-corrected chi connectivity index (χ2v) is 4.84. The Hall–Kier alpha value is -1.87. The van der Waals surface area contributed by atoms with Gasteiger partial charge in [0.2, 0.25) is 0 Å². The van der Waals surface area contributed by atoms with E-state index in [4.69, 9.17) is 0 Å². The molecular weight excluding hydrogens is 251 g/mol. The molecule has 2 aromatic carbocycles. The van der Waals surface area contributed by atoms with E-state index in [1.807, 2.05) is 43.4 Å². The van der Waals surface area contributed by atoms with Gasteiger partial charge in [-0.1, -0.05) is 25.1 Å². The SMILES string of the molecule is CCCNCc1cc(F)ccc1N(C)c1ccccc1. The zero-order valence-corrected chi connectivity index (χ0v) is 12.1.